The number of aryl methyl sites for hydroxylation is 1. The van der Waals surface area contributed by atoms with Crippen molar-refractivity contribution in [2.75, 3.05) is 6.54 Å². The Balaban J connectivity index is 2.17. The molecule has 20 heavy (non-hydrogen) atoms. The third kappa shape index (κ3) is 3.91. The predicted molar refractivity (Wildman–Crippen MR) is 82.3 cm³/mol. The molecular formula is C18H22FN. The second-order valence-corrected chi connectivity index (χ2v) is 5.04. The molecule has 0 heterocycles. The molecule has 0 aliphatic heterocycles. The molecule has 106 valence electrons. The average molecular weight is 271 g/mol. The molecule has 1 N–H and O–H groups in total. The quantitative estimate of drug-likeness (QED) is 0.827. The van der Waals surface area contributed by atoms with Crippen LogP contribution in [0.5, 0.6) is 0 Å². The zero-order valence-corrected chi connectivity index (χ0v) is 12.2. The van der Waals surface area contributed by atoms with E-state index in [1.54, 1.807) is 12.1 Å². The van der Waals surface area contributed by atoms with Crippen LogP contribution in [0.1, 0.15) is 36.6 Å². The number of rotatable bonds is 6. The molecule has 2 aromatic carbocycles. The van der Waals surface area contributed by atoms with Gasteiger partial charge in [-0.1, -0.05) is 50.2 Å². The van der Waals surface area contributed by atoms with Gasteiger partial charge in [0.2, 0.25) is 0 Å². The van der Waals surface area contributed by atoms with E-state index < -0.39 is 0 Å². The van der Waals surface area contributed by atoms with Crippen LogP contribution in [0.3, 0.4) is 0 Å². The van der Waals surface area contributed by atoms with Crippen LogP contribution in [0.15, 0.2) is 48.5 Å². The van der Waals surface area contributed by atoms with Gasteiger partial charge in [-0.15, -0.1) is 0 Å². The fourth-order valence-electron chi connectivity index (χ4n) is 2.44. The van der Waals surface area contributed by atoms with Gasteiger partial charge in [0.25, 0.3) is 0 Å². The second kappa shape index (κ2) is 7.20. The largest absolute Gasteiger partial charge is 0.310 e. The van der Waals surface area contributed by atoms with Crippen LogP contribution in [0, 0.1) is 5.82 Å². The lowest BCUT2D eigenvalue weighted by atomic mass is 9.97. The highest BCUT2D eigenvalue weighted by Crippen LogP contribution is 2.20. The highest BCUT2D eigenvalue weighted by molar-refractivity contribution is 5.27. The van der Waals surface area contributed by atoms with Crippen molar-refractivity contribution in [1.82, 2.24) is 5.32 Å². The van der Waals surface area contributed by atoms with E-state index in [9.17, 15) is 4.39 Å². The number of hydrogen-bond acceptors (Lipinski definition) is 1. The second-order valence-electron chi connectivity index (χ2n) is 5.04. The number of nitrogens with one attached hydrogen (secondary N) is 1. The minimum absolute atomic E-state index is 0.168. The maximum atomic E-state index is 13.3. The van der Waals surface area contributed by atoms with Crippen LogP contribution < -0.4 is 5.32 Å². The van der Waals surface area contributed by atoms with Crippen molar-refractivity contribution in [2.45, 2.75) is 32.7 Å². The lowest BCUT2D eigenvalue weighted by molar-refractivity contribution is 0.546. The fourth-order valence-corrected chi connectivity index (χ4v) is 2.44. The van der Waals surface area contributed by atoms with Gasteiger partial charge in [-0.25, -0.2) is 4.39 Å². The van der Waals surface area contributed by atoms with E-state index in [1.807, 2.05) is 6.07 Å². The van der Waals surface area contributed by atoms with Crippen LogP contribution in [0.4, 0.5) is 4.39 Å². The summed E-state index contributed by atoms with van der Waals surface area (Å²) in [5, 5.41) is 3.48. The summed E-state index contributed by atoms with van der Waals surface area (Å²) in [5.41, 5.74) is 3.62. The van der Waals surface area contributed by atoms with E-state index in [0.29, 0.717) is 0 Å². The molecule has 2 aromatic rings. The zero-order valence-electron chi connectivity index (χ0n) is 12.2. The highest BCUT2D eigenvalue weighted by atomic mass is 19.1. The Morgan fingerprint density at radius 1 is 1.00 bits per heavy atom. The van der Waals surface area contributed by atoms with Crippen molar-refractivity contribution in [2.24, 2.45) is 0 Å². The molecule has 0 spiro atoms. The van der Waals surface area contributed by atoms with E-state index in [-0.39, 0.29) is 11.9 Å². The van der Waals surface area contributed by atoms with Crippen molar-refractivity contribution in [3.63, 3.8) is 0 Å². The Morgan fingerprint density at radius 2 is 1.75 bits per heavy atom. The standard InChI is InChI=1S/C18H22FN/c1-3-14-8-10-16(11-9-14)18(20-4-2)13-15-6-5-7-17(19)12-15/h5-12,18,20H,3-4,13H2,1-2H3. The topological polar surface area (TPSA) is 12.0 Å². The summed E-state index contributed by atoms with van der Waals surface area (Å²) in [5.74, 6) is -0.168. The molecule has 0 saturated carbocycles. The van der Waals surface area contributed by atoms with Gasteiger partial charge in [-0.2, -0.15) is 0 Å². The van der Waals surface area contributed by atoms with Gasteiger partial charge in [0.1, 0.15) is 5.82 Å². The van der Waals surface area contributed by atoms with Gasteiger partial charge < -0.3 is 5.32 Å². The first kappa shape index (κ1) is 14.7. The molecule has 0 amide bonds. The SMILES string of the molecule is CCNC(Cc1cccc(F)c1)c1ccc(CC)cc1. The minimum atomic E-state index is -0.168. The first-order chi connectivity index (χ1) is 9.72. The number of halogens is 1. The van der Waals surface area contributed by atoms with E-state index in [4.69, 9.17) is 0 Å². The van der Waals surface area contributed by atoms with Crippen molar-refractivity contribution >= 4 is 0 Å². The first-order valence-electron chi connectivity index (χ1n) is 7.29. The number of likely N-dealkylation sites (N-methyl/N-ethyl adjacent to an activating group) is 1. The Kier molecular flexibility index (Phi) is 5.31. The van der Waals surface area contributed by atoms with Gasteiger partial charge in [-0.05, 0) is 48.2 Å². The lowest BCUT2D eigenvalue weighted by Crippen LogP contribution is -2.23. The van der Waals surface area contributed by atoms with Gasteiger partial charge in [0.15, 0.2) is 0 Å². The van der Waals surface area contributed by atoms with Gasteiger partial charge >= 0.3 is 0 Å². The summed E-state index contributed by atoms with van der Waals surface area (Å²) in [6, 6.07) is 15.8. The summed E-state index contributed by atoms with van der Waals surface area (Å²) in [7, 11) is 0. The molecule has 0 radical (unpaired) electrons. The molecule has 0 fully saturated rings. The molecule has 2 heteroatoms. The predicted octanol–water partition coefficient (Wildman–Crippen LogP) is 4.28. The lowest BCUT2D eigenvalue weighted by Gasteiger charge is -2.19. The first-order valence-corrected chi connectivity index (χ1v) is 7.29. The monoisotopic (exact) mass is 271 g/mol. The maximum Gasteiger partial charge on any atom is 0.123 e. The van der Waals surface area contributed by atoms with Crippen LogP contribution in [0.25, 0.3) is 0 Å². The Hall–Kier alpha value is -1.67. The third-order valence-electron chi connectivity index (χ3n) is 3.57. The Labute approximate surface area is 120 Å². The van der Waals surface area contributed by atoms with E-state index in [1.165, 1.54) is 17.2 Å². The van der Waals surface area contributed by atoms with Crippen LogP contribution in [0.2, 0.25) is 0 Å². The molecule has 0 aromatic heterocycles. The normalized spacial score (nSPS) is 12.3. The molecule has 0 bridgehead atoms. The number of hydrogen-bond donors (Lipinski definition) is 1. The van der Waals surface area contributed by atoms with Gasteiger partial charge in [-0.3, -0.25) is 0 Å². The maximum absolute atomic E-state index is 13.3. The zero-order chi connectivity index (χ0) is 14.4. The fraction of sp³-hybridized carbons (Fsp3) is 0.333. The van der Waals surface area contributed by atoms with Crippen LogP contribution in [-0.4, -0.2) is 6.54 Å². The minimum Gasteiger partial charge on any atom is -0.310 e. The molecule has 0 aliphatic carbocycles. The van der Waals surface area contributed by atoms with Crippen molar-refractivity contribution in [1.29, 1.82) is 0 Å². The van der Waals surface area contributed by atoms with Crippen molar-refractivity contribution < 1.29 is 4.39 Å². The summed E-state index contributed by atoms with van der Waals surface area (Å²) in [6.45, 7) is 5.15. The summed E-state index contributed by atoms with van der Waals surface area (Å²) in [6.07, 6.45) is 1.85. The van der Waals surface area contributed by atoms with Crippen molar-refractivity contribution in [3.05, 3.63) is 71.0 Å². The Bertz CT molecular complexity index is 533. The molecule has 1 nitrogen and oxygen atoms in total. The average Bonchev–Trinajstić information content (AvgIpc) is 2.47. The van der Waals surface area contributed by atoms with Crippen LogP contribution in [-0.2, 0) is 12.8 Å². The molecule has 0 saturated heterocycles. The highest BCUT2D eigenvalue weighted by Gasteiger charge is 2.11. The smallest absolute Gasteiger partial charge is 0.123 e. The summed E-state index contributed by atoms with van der Waals surface area (Å²) >= 11 is 0. The molecular weight excluding hydrogens is 249 g/mol. The Morgan fingerprint density at radius 3 is 2.35 bits per heavy atom. The molecule has 2 rings (SSSR count). The third-order valence-corrected chi connectivity index (χ3v) is 3.57. The number of benzene rings is 2. The van der Waals surface area contributed by atoms with E-state index in [0.717, 1.165) is 24.9 Å². The van der Waals surface area contributed by atoms with E-state index in [2.05, 4.69) is 43.4 Å². The van der Waals surface area contributed by atoms with Crippen LogP contribution >= 0.6 is 0 Å². The van der Waals surface area contributed by atoms with Crippen molar-refractivity contribution in [3.8, 4) is 0 Å². The van der Waals surface area contributed by atoms with Gasteiger partial charge in [0.05, 0.1) is 0 Å². The molecule has 0 aliphatic rings. The molecule has 1 atom stereocenters. The summed E-state index contributed by atoms with van der Waals surface area (Å²) < 4.78 is 13.3. The summed E-state index contributed by atoms with van der Waals surface area (Å²) in [4.78, 5) is 0. The van der Waals surface area contributed by atoms with Gasteiger partial charge in [0, 0.05) is 6.04 Å². The molecule has 1 unspecified atom stereocenters. The van der Waals surface area contributed by atoms with E-state index >= 15 is 0 Å².